The topological polar surface area (TPSA) is 65.4 Å². The highest BCUT2D eigenvalue weighted by atomic mass is 16.5. The average molecular weight is 405 g/mol. The number of anilines is 1. The van der Waals surface area contributed by atoms with Crippen LogP contribution in [0.1, 0.15) is 31.4 Å². The van der Waals surface area contributed by atoms with Crippen LogP contribution in [0, 0.1) is 0 Å². The molecule has 0 aliphatic carbocycles. The van der Waals surface area contributed by atoms with Crippen LogP contribution in [0.4, 0.5) is 5.69 Å². The molecule has 30 heavy (non-hydrogen) atoms. The Labute approximate surface area is 177 Å². The third-order valence-electron chi connectivity index (χ3n) is 4.28. The number of carbonyl (C=O) groups is 1. The highest BCUT2D eigenvalue weighted by Crippen LogP contribution is 2.29. The van der Waals surface area contributed by atoms with E-state index in [4.69, 9.17) is 9.47 Å². The van der Waals surface area contributed by atoms with Gasteiger partial charge in [0.25, 0.3) is 0 Å². The Hall–Kier alpha value is -3.54. The van der Waals surface area contributed by atoms with Crippen molar-refractivity contribution in [3.05, 3.63) is 78.1 Å². The molecule has 1 N–H and O–H groups in total. The van der Waals surface area contributed by atoms with E-state index in [0.717, 1.165) is 29.0 Å². The fourth-order valence-corrected chi connectivity index (χ4v) is 2.86. The summed E-state index contributed by atoms with van der Waals surface area (Å²) in [6.45, 7) is 5.87. The lowest BCUT2D eigenvalue weighted by molar-refractivity contribution is -0.111. The van der Waals surface area contributed by atoms with E-state index in [9.17, 15) is 4.79 Å². The number of benzene rings is 2. The van der Waals surface area contributed by atoms with Gasteiger partial charge in [0.1, 0.15) is 0 Å². The van der Waals surface area contributed by atoms with Crippen molar-refractivity contribution in [1.29, 1.82) is 0 Å². The zero-order valence-electron chi connectivity index (χ0n) is 17.4. The predicted molar refractivity (Wildman–Crippen MR) is 119 cm³/mol. The van der Waals surface area contributed by atoms with Gasteiger partial charge in [0.2, 0.25) is 5.91 Å². The van der Waals surface area contributed by atoms with E-state index in [1.54, 1.807) is 12.3 Å². The first-order valence-corrected chi connectivity index (χ1v) is 10.1. The lowest BCUT2D eigenvalue weighted by Gasteiger charge is -2.12. The lowest BCUT2D eigenvalue weighted by Crippen LogP contribution is -2.08. The number of nitrogens with zero attached hydrogens (tertiary/aromatic N) is 2. The van der Waals surface area contributed by atoms with Crippen molar-refractivity contribution in [3.63, 3.8) is 0 Å². The Bertz CT molecular complexity index is 964. The van der Waals surface area contributed by atoms with E-state index in [1.807, 2.05) is 66.3 Å². The molecule has 0 radical (unpaired) electrons. The molecule has 1 heterocycles. The first-order valence-electron chi connectivity index (χ1n) is 10.1. The summed E-state index contributed by atoms with van der Waals surface area (Å²) < 4.78 is 13.2. The minimum absolute atomic E-state index is 0.195. The molecule has 0 saturated carbocycles. The Morgan fingerprint density at radius 3 is 2.63 bits per heavy atom. The van der Waals surface area contributed by atoms with Crippen molar-refractivity contribution in [3.8, 4) is 11.5 Å². The van der Waals surface area contributed by atoms with Crippen molar-refractivity contribution >= 4 is 17.7 Å². The number of nitrogens with one attached hydrogen (secondary N) is 1. The molecule has 0 aliphatic rings. The van der Waals surface area contributed by atoms with Gasteiger partial charge in [0.05, 0.1) is 19.8 Å². The van der Waals surface area contributed by atoms with Gasteiger partial charge in [0, 0.05) is 24.2 Å². The van der Waals surface area contributed by atoms with Crippen LogP contribution in [0.15, 0.2) is 67.0 Å². The molecule has 0 saturated heterocycles. The number of hydrogen-bond acceptors (Lipinski definition) is 4. The quantitative estimate of drug-likeness (QED) is 0.494. The molecule has 0 fully saturated rings. The number of aromatic nitrogens is 2. The van der Waals surface area contributed by atoms with Crippen molar-refractivity contribution in [2.24, 2.45) is 0 Å². The van der Waals surface area contributed by atoms with E-state index in [0.29, 0.717) is 25.5 Å². The normalized spacial score (nSPS) is 10.9. The minimum Gasteiger partial charge on any atom is -0.490 e. The monoisotopic (exact) mass is 405 g/mol. The van der Waals surface area contributed by atoms with Gasteiger partial charge in [0.15, 0.2) is 11.5 Å². The maximum absolute atomic E-state index is 12.3. The smallest absolute Gasteiger partial charge is 0.248 e. The molecule has 1 amide bonds. The maximum atomic E-state index is 12.3. The first-order chi connectivity index (χ1) is 14.7. The highest BCUT2D eigenvalue weighted by molar-refractivity contribution is 6.01. The molecule has 2 aromatic carbocycles. The Morgan fingerprint density at radius 2 is 1.93 bits per heavy atom. The number of ether oxygens (including phenoxy) is 2. The summed E-state index contributed by atoms with van der Waals surface area (Å²) in [4.78, 5) is 12.3. The molecule has 6 nitrogen and oxygen atoms in total. The molecular formula is C24H27N3O3. The van der Waals surface area contributed by atoms with Crippen LogP contribution < -0.4 is 14.8 Å². The van der Waals surface area contributed by atoms with E-state index in [-0.39, 0.29) is 5.91 Å². The van der Waals surface area contributed by atoms with Crippen LogP contribution in [0.25, 0.3) is 6.08 Å². The van der Waals surface area contributed by atoms with Crippen LogP contribution in [0.3, 0.4) is 0 Å². The molecule has 1 aromatic heterocycles. The van der Waals surface area contributed by atoms with Crippen LogP contribution in [0.5, 0.6) is 11.5 Å². The molecule has 3 aromatic rings. The van der Waals surface area contributed by atoms with E-state index >= 15 is 0 Å². The number of hydrogen-bond donors (Lipinski definition) is 1. The van der Waals surface area contributed by atoms with Gasteiger partial charge in [-0.3, -0.25) is 9.48 Å². The van der Waals surface area contributed by atoms with Gasteiger partial charge >= 0.3 is 0 Å². The second-order valence-corrected chi connectivity index (χ2v) is 6.71. The van der Waals surface area contributed by atoms with Gasteiger partial charge in [-0.2, -0.15) is 5.10 Å². The predicted octanol–water partition coefficient (Wildman–Crippen LogP) is 4.77. The van der Waals surface area contributed by atoms with Crippen LogP contribution in [-0.2, 0) is 11.3 Å². The summed E-state index contributed by atoms with van der Waals surface area (Å²) in [7, 11) is 0. The summed E-state index contributed by atoms with van der Waals surface area (Å²) in [6.07, 6.45) is 7.87. The van der Waals surface area contributed by atoms with Gasteiger partial charge in [-0.05, 0) is 60.9 Å². The molecule has 0 spiro atoms. The summed E-state index contributed by atoms with van der Waals surface area (Å²) in [5, 5.41) is 7.07. The number of rotatable bonds is 10. The van der Waals surface area contributed by atoms with Gasteiger partial charge in [-0.1, -0.05) is 25.1 Å². The molecule has 156 valence electrons. The van der Waals surface area contributed by atoms with Crippen LogP contribution >= 0.6 is 0 Å². The Balaban J connectivity index is 1.59. The highest BCUT2D eigenvalue weighted by Gasteiger charge is 2.06. The molecule has 0 aliphatic heterocycles. The fourth-order valence-electron chi connectivity index (χ4n) is 2.86. The standard InChI is InChI=1S/C24H27N3O3/c1-3-16-30-22-12-8-19(17-23(22)29-4-2)9-13-24(28)26-21-10-6-20(7-11-21)18-27-15-5-14-25-27/h5-15,17H,3-4,16,18H2,1-2H3,(H,26,28)/b13-9+. The molecule has 0 bridgehead atoms. The lowest BCUT2D eigenvalue weighted by atomic mass is 10.1. The second kappa shape index (κ2) is 10.9. The van der Waals surface area contributed by atoms with Gasteiger partial charge < -0.3 is 14.8 Å². The second-order valence-electron chi connectivity index (χ2n) is 6.71. The van der Waals surface area contributed by atoms with Crippen LogP contribution in [0.2, 0.25) is 0 Å². The van der Waals surface area contributed by atoms with Gasteiger partial charge in [-0.25, -0.2) is 0 Å². The minimum atomic E-state index is -0.195. The molecule has 6 heteroatoms. The first kappa shape index (κ1) is 21.2. The summed E-state index contributed by atoms with van der Waals surface area (Å²) in [6, 6.07) is 15.3. The zero-order chi connectivity index (χ0) is 21.2. The number of amides is 1. The number of carbonyl (C=O) groups excluding carboxylic acids is 1. The van der Waals surface area contributed by atoms with E-state index in [2.05, 4.69) is 17.3 Å². The molecule has 3 rings (SSSR count). The zero-order valence-corrected chi connectivity index (χ0v) is 17.4. The third-order valence-corrected chi connectivity index (χ3v) is 4.28. The maximum Gasteiger partial charge on any atom is 0.248 e. The molecular weight excluding hydrogens is 378 g/mol. The average Bonchev–Trinajstić information content (AvgIpc) is 3.26. The van der Waals surface area contributed by atoms with Crippen molar-refractivity contribution in [2.45, 2.75) is 26.8 Å². The largest absolute Gasteiger partial charge is 0.490 e. The van der Waals surface area contributed by atoms with Crippen molar-refractivity contribution < 1.29 is 14.3 Å². The molecule has 0 atom stereocenters. The Morgan fingerprint density at radius 1 is 1.10 bits per heavy atom. The van der Waals surface area contributed by atoms with E-state index in [1.165, 1.54) is 6.08 Å². The SMILES string of the molecule is CCCOc1ccc(/C=C/C(=O)Nc2ccc(Cn3cccn3)cc2)cc1OCC. The molecule has 0 unspecified atom stereocenters. The van der Waals surface area contributed by atoms with Gasteiger partial charge in [-0.15, -0.1) is 0 Å². The van der Waals surface area contributed by atoms with E-state index < -0.39 is 0 Å². The van der Waals surface area contributed by atoms with Crippen molar-refractivity contribution in [1.82, 2.24) is 9.78 Å². The Kier molecular flexibility index (Phi) is 7.66. The summed E-state index contributed by atoms with van der Waals surface area (Å²) in [5.41, 5.74) is 2.72. The fraction of sp³-hybridized carbons (Fsp3) is 0.250. The summed E-state index contributed by atoms with van der Waals surface area (Å²) in [5.74, 6) is 1.20. The van der Waals surface area contributed by atoms with Crippen LogP contribution in [-0.4, -0.2) is 28.9 Å². The van der Waals surface area contributed by atoms with Crippen molar-refractivity contribution in [2.75, 3.05) is 18.5 Å². The summed E-state index contributed by atoms with van der Waals surface area (Å²) >= 11 is 0. The third kappa shape index (κ3) is 6.24.